The molecule has 1 saturated carbocycles. The summed E-state index contributed by atoms with van der Waals surface area (Å²) in [7, 11) is 1.91. The first-order valence-electron chi connectivity index (χ1n) is 11.4. The molecule has 2 aliphatic heterocycles. The Labute approximate surface area is 189 Å². The van der Waals surface area contributed by atoms with E-state index in [1.165, 1.54) is 44.9 Å². The second-order valence-corrected chi connectivity index (χ2v) is 8.91. The fraction of sp³-hybridized carbons (Fsp3) is 0.955. The maximum absolute atomic E-state index is 6.14. The van der Waals surface area contributed by atoms with Crippen LogP contribution in [0.5, 0.6) is 0 Å². The van der Waals surface area contributed by atoms with Crippen LogP contribution in [0.4, 0.5) is 0 Å². The third kappa shape index (κ3) is 7.98. The number of hydrogen-bond donors (Lipinski definition) is 1. The van der Waals surface area contributed by atoms with Crippen LogP contribution in [0.25, 0.3) is 0 Å². The molecule has 0 radical (unpaired) electrons. The van der Waals surface area contributed by atoms with Crippen LogP contribution < -0.4 is 5.32 Å². The zero-order valence-electron chi connectivity index (χ0n) is 18.0. The lowest BCUT2D eigenvalue weighted by Crippen LogP contribution is -2.47. The first-order chi connectivity index (χ1) is 13.2. The molecule has 6 heteroatoms. The van der Waals surface area contributed by atoms with E-state index in [1.54, 1.807) is 0 Å². The van der Waals surface area contributed by atoms with Crippen LogP contribution >= 0.6 is 24.0 Å². The summed E-state index contributed by atoms with van der Waals surface area (Å²) in [5, 5.41) is 3.61. The van der Waals surface area contributed by atoms with Gasteiger partial charge < -0.3 is 19.7 Å². The lowest BCUT2D eigenvalue weighted by Gasteiger charge is -2.35. The van der Waals surface area contributed by atoms with Crippen LogP contribution in [-0.4, -0.2) is 63.0 Å². The van der Waals surface area contributed by atoms with Crippen LogP contribution in [0.15, 0.2) is 4.99 Å². The van der Waals surface area contributed by atoms with Crippen molar-refractivity contribution in [1.82, 2.24) is 10.2 Å². The Kier molecular flexibility index (Phi) is 11.5. The van der Waals surface area contributed by atoms with Crippen molar-refractivity contribution in [3.05, 3.63) is 0 Å². The Balaban J connectivity index is 0.00000280. The number of rotatable bonds is 6. The SMILES string of the molecule is CN=C(NCCC1CCCC(C)C1)N1CCC(OCC2CCCCO2)CC1.I. The van der Waals surface area contributed by atoms with Crippen LogP contribution in [0.3, 0.4) is 0 Å². The quantitative estimate of drug-likeness (QED) is 0.328. The molecular weight excluding hydrogens is 465 g/mol. The van der Waals surface area contributed by atoms with E-state index < -0.39 is 0 Å². The molecular formula is C22H42IN3O2. The van der Waals surface area contributed by atoms with Gasteiger partial charge >= 0.3 is 0 Å². The number of halogens is 1. The molecule has 0 aromatic heterocycles. The minimum absolute atomic E-state index is 0. The summed E-state index contributed by atoms with van der Waals surface area (Å²) < 4.78 is 11.9. The molecule has 0 bridgehead atoms. The Morgan fingerprint density at radius 2 is 1.93 bits per heavy atom. The lowest BCUT2D eigenvalue weighted by molar-refractivity contribution is -0.0721. The van der Waals surface area contributed by atoms with E-state index in [0.29, 0.717) is 12.2 Å². The first kappa shape index (κ1) is 24.2. The molecule has 5 nitrogen and oxygen atoms in total. The monoisotopic (exact) mass is 507 g/mol. The molecule has 0 spiro atoms. The molecule has 0 aromatic rings. The van der Waals surface area contributed by atoms with Gasteiger partial charge in [-0.1, -0.05) is 26.2 Å². The highest BCUT2D eigenvalue weighted by molar-refractivity contribution is 14.0. The molecule has 0 amide bonds. The number of guanidine groups is 1. The Morgan fingerprint density at radius 1 is 1.11 bits per heavy atom. The molecule has 2 heterocycles. The van der Waals surface area contributed by atoms with Gasteiger partial charge in [0.05, 0.1) is 18.8 Å². The topological polar surface area (TPSA) is 46.1 Å². The largest absolute Gasteiger partial charge is 0.376 e. The standard InChI is InChI=1S/C22H41N3O2.HI/c1-18-6-5-7-19(16-18)9-12-24-22(23-2)25-13-10-20(11-14-25)27-17-21-8-3-4-15-26-21;/h18-21H,3-17H2,1-2H3,(H,23,24);1H. The second-order valence-electron chi connectivity index (χ2n) is 8.91. The van der Waals surface area contributed by atoms with Crippen LogP contribution in [0.2, 0.25) is 0 Å². The van der Waals surface area contributed by atoms with Crippen molar-refractivity contribution in [2.45, 2.75) is 83.3 Å². The molecule has 0 aromatic carbocycles. The molecule has 3 aliphatic rings. The van der Waals surface area contributed by atoms with E-state index in [0.717, 1.165) is 69.9 Å². The fourth-order valence-corrected chi connectivity index (χ4v) is 4.96. The highest BCUT2D eigenvalue weighted by Gasteiger charge is 2.24. The van der Waals surface area contributed by atoms with Gasteiger partial charge in [0, 0.05) is 33.3 Å². The molecule has 28 heavy (non-hydrogen) atoms. The summed E-state index contributed by atoms with van der Waals surface area (Å²) in [6, 6.07) is 0. The van der Waals surface area contributed by atoms with E-state index >= 15 is 0 Å². The van der Waals surface area contributed by atoms with E-state index in [-0.39, 0.29) is 24.0 Å². The van der Waals surface area contributed by atoms with Crippen molar-refractivity contribution in [3.63, 3.8) is 0 Å². The van der Waals surface area contributed by atoms with Crippen molar-refractivity contribution in [1.29, 1.82) is 0 Å². The predicted octanol–water partition coefficient (Wildman–Crippen LogP) is 4.45. The zero-order chi connectivity index (χ0) is 18.9. The second kappa shape index (κ2) is 13.3. The number of hydrogen-bond acceptors (Lipinski definition) is 3. The average Bonchev–Trinajstić information content (AvgIpc) is 2.71. The molecule has 3 fully saturated rings. The molecule has 3 rings (SSSR count). The molecule has 3 unspecified atom stereocenters. The normalized spacial score (nSPS) is 30.0. The average molecular weight is 508 g/mol. The van der Waals surface area contributed by atoms with Crippen molar-refractivity contribution in [3.8, 4) is 0 Å². The molecule has 3 atom stereocenters. The number of nitrogens with one attached hydrogen (secondary N) is 1. The van der Waals surface area contributed by atoms with Gasteiger partial charge in [0.25, 0.3) is 0 Å². The van der Waals surface area contributed by atoms with Gasteiger partial charge in [-0.15, -0.1) is 24.0 Å². The number of nitrogens with zero attached hydrogens (tertiary/aromatic N) is 2. The maximum atomic E-state index is 6.14. The summed E-state index contributed by atoms with van der Waals surface area (Å²) >= 11 is 0. The van der Waals surface area contributed by atoms with Gasteiger partial charge in [-0.05, 0) is 56.8 Å². The minimum atomic E-state index is 0. The van der Waals surface area contributed by atoms with E-state index in [4.69, 9.17) is 9.47 Å². The molecule has 1 aliphatic carbocycles. The Morgan fingerprint density at radius 3 is 2.61 bits per heavy atom. The van der Waals surface area contributed by atoms with Gasteiger partial charge in [-0.25, -0.2) is 0 Å². The third-order valence-corrected chi connectivity index (χ3v) is 6.63. The summed E-state index contributed by atoms with van der Waals surface area (Å²) in [5.41, 5.74) is 0. The van der Waals surface area contributed by atoms with Gasteiger partial charge in [0.1, 0.15) is 0 Å². The van der Waals surface area contributed by atoms with Crippen molar-refractivity contribution in [2.75, 3.05) is 39.9 Å². The van der Waals surface area contributed by atoms with Gasteiger partial charge in [0.2, 0.25) is 0 Å². The summed E-state index contributed by atoms with van der Waals surface area (Å²) in [4.78, 5) is 6.93. The molecule has 164 valence electrons. The smallest absolute Gasteiger partial charge is 0.193 e. The van der Waals surface area contributed by atoms with Crippen LogP contribution in [-0.2, 0) is 9.47 Å². The van der Waals surface area contributed by atoms with Gasteiger partial charge in [0.15, 0.2) is 5.96 Å². The van der Waals surface area contributed by atoms with E-state index in [2.05, 4.69) is 22.1 Å². The van der Waals surface area contributed by atoms with E-state index in [9.17, 15) is 0 Å². The number of ether oxygens (including phenoxy) is 2. The van der Waals surface area contributed by atoms with Gasteiger partial charge in [-0.3, -0.25) is 4.99 Å². The first-order valence-corrected chi connectivity index (χ1v) is 11.4. The van der Waals surface area contributed by atoms with Crippen molar-refractivity contribution < 1.29 is 9.47 Å². The summed E-state index contributed by atoms with van der Waals surface area (Å²) in [5.74, 6) is 2.90. The number of likely N-dealkylation sites (tertiary alicyclic amines) is 1. The molecule has 2 saturated heterocycles. The van der Waals surface area contributed by atoms with Crippen molar-refractivity contribution >= 4 is 29.9 Å². The summed E-state index contributed by atoms with van der Waals surface area (Å²) in [6.07, 6.45) is 13.5. The highest BCUT2D eigenvalue weighted by Crippen LogP contribution is 2.30. The Bertz CT molecular complexity index is 449. The predicted molar refractivity (Wildman–Crippen MR) is 127 cm³/mol. The minimum Gasteiger partial charge on any atom is -0.376 e. The van der Waals surface area contributed by atoms with Gasteiger partial charge in [-0.2, -0.15) is 0 Å². The van der Waals surface area contributed by atoms with Crippen molar-refractivity contribution in [2.24, 2.45) is 16.8 Å². The number of aliphatic imine (C=N–C) groups is 1. The van der Waals surface area contributed by atoms with E-state index in [1.807, 2.05) is 7.05 Å². The fourth-order valence-electron chi connectivity index (χ4n) is 4.96. The molecule has 1 N–H and O–H groups in total. The maximum Gasteiger partial charge on any atom is 0.193 e. The Hall–Kier alpha value is -0.0800. The van der Waals surface area contributed by atoms with Crippen LogP contribution in [0.1, 0.15) is 71.1 Å². The van der Waals surface area contributed by atoms with Crippen LogP contribution in [0, 0.1) is 11.8 Å². The zero-order valence-corrected chi connectivity index (χ0v) is 20.4. The summed E-state index contributed by atoms with van der Waals surface area (Å²) in [6.45, 7) is 7.23. The third-order valence-electron chi connectivity index (χ3n) is 6.63. The highest BCUT2D eigenvalue weighted by atomic mass is 127. The number of piperidine rings is 1. The lowest BCUT2D eigenvalue weighted by atomic mass is 9.81.